The maximum atomic E-state index is 12.6. The molecule has 4 rings (SSSR count). The standard InChI is InChI=1S/C18H24N4OS/c1-11(15-10-13-6-7-14(15)9-13)19-17(23)12(2)24-18-21-20-16-5-3-4-8-22(16)18/h3-5,8,11-15H,6-7,9-10H2,1-2H3,(H,19,23)/t11-,12+,13+,14+,15+/m1/s1. The quantitative estimate of drug-likeness (QED) is 0.847. The molecular weight excluding hydrogens is 320 g/mol. The van der Waals surface area contributed by atoms with E-state index in [0.717, 1.165) is 22.6 Å². The number of carbonyl (C=O) groups is 1. The number of fused-ring (bicyclic) bond motifs is 3. The van der Waals surface area contributed by atoms with E-state index in [4.69, 9.17) is 0 Å². The van der Waals surface area contributed by atoms with Gasteiger partial charge in [0, 0.05) is 12.2 Å². The zero-order valence-corrected chi connectivity index (χ0v) is 15.0. The molecule has 0 radical (unpaired) electrons. The summed E-state index contributed by atoms with van der Waals surface area (Å²) in [5, 5.41) is 12.2. The summed E-state index contributed by atoms with van der Waals surface area (Å²) in [5.74, 6) is 2.50. The first-order valence-corrected chi connectivity index (χ1v) is 9.76. The van der Waals surface area contributed by atoms with E-state index in [0.29, 0.717) is 5.92 Å². The number of nitrogens with zero attached hydrogens (tertiary/aromatic N) is 3. The van der Waals surface area contributed by atoms with Crippen LogP contribution in [0.1, 0.15) is 39.5 Å². The van der Waals surface area contributed by atoms with Crippen LogP contribution < -0.4 is 5.32 Å². The van der Waals surface area contributed by atoms with Gasteiger partial charge in [-0.1, -0.05) is 24.2 Å². The highest BCUT2D eigenvalue weighted by atomic mass is 32.2. The van der Waals surface area contributed by atoms with Crippen molar-refractivity contribution in [2.24, 2.45) is 17.8 Å². The lowest BCUT2D eigenvalue weighted by Gasteiger charge is -2.29. The Balaban J connectivity index is 1.37. The molecule has 2 fully saturated rings. The molecule has 2 saturated carbocycles. The first-order valence-electron chi connectivity index (χ1n) is 8.88. The molecule has 0 saturated heterocycles. The number of hydrogen-bond acceptors (Lipinski definition) is 4. The van der Waals surface area contributed by atoms with Gasteiger partial charge in [0.05, 0.1) is 5.25 Å². The van der Waals surface area contributed by atoms with E-state index >= 15 is 0 Å². The van der Waals surface area contributed by atoms with Gasteiger partial charge in [0.1, 0.15) is 0 Å². The Kier molecular flexibility index (Phi) is 4.24. The summed E-state index contributed by atoms with van der Waals surface area (Å²) < 4.78 is 1.92. The van der Waals surface area contributed by atoms with Gasteiger partial charge >= 0.3 is 0 Å². The molecule has 2 aliphatic rings. The monoisotopic (exact) mass is 344 g/mol. The molecule has 0 aromatic carbocycles. The third-order valence-corrected chi connectivity index (χ3v) is 6.80. The molecule has 0 aliphatic heterocycles. The summed E-state index contributed by atoms with van der Waals surface area (Å²) in [7, 11) is 0. The summed E-state index contributed by atoms with van der Waals surface area (Å²) in [6, 6.07) is 6.07. The number of amides is 1. The maximum Gasteiger partial charge on any atom is 0.233 e. The van der Waals surface area contributed by atoms with Crippen LogP contribution >= 0.6 is 11.8 Å². The number of rotatable bonds is 5. The average molecular weight is 344 g/mol. The number of hydrogen-bond donors (Lipinski definition) is 1. The molecule has 5 nitrogen and oxygen atoms in total. The Morgan fingerprint density at radius 3 is 2.92 bits per heavy atom. The molecular formula is C18H24N4OS. The first kappa shape index (κ1) is 15.9. The Labute approximate surface area is 146 Å². The second kappa shape index (κ2) is 6.39. The van der Waals surface area contributed by atoms with E-state index in [1.165, 1.54) is 37.4 Å². The van der Waals surface area contributed by atoms with Crippen molar-refractivity contribution in [1.82, 2.24) is 19.9 Å². The van der Waals surface area contributed by atoms with Gasteiger partial charge < -0.3 is 5.32 Å². The fourth-order valence-corrected chi connectivity index (χ4v) is 5.31. The maximum absolute atomic E-state index is 12.6. The van der Waals surface area contributed by atoms with Crippen molar-refractivity contribution in [3.05, 3.63) is 24.4 Å². The molecule has 1 N–H and O–H groups in total. The minimum absolute atomic E-state index is 0.1000. The molecule has 24 heavy (non-hydrogen) atoms. The number of aromatic nitrogens is 3. The molecule has 2 aromatic rings. The molecule has 2 aromatic heterocycles. The topological polar surface area (TPSA) is 59.3 Å². The normalized spacial score (nSPS) is 28.2. The van der Waals surface area contributed by atoms with Crippen LogP contribution in [-0.2, 0) is 4.79 Å². The molecule has 6 heteroatoms. The van der Waals surface area contributed by atoms with Gasteiger partial charge in [0.15, 0.2) is 10.8 Å². The molecule has 5 atom stereocenters. The van der Waals surface area contributed by atoms with Crippen LogP contribution in [0.5, 0.6) is 0 Å². The van der Waals surface area contributed by atoms with Crippen molar-refractivity contribution in [3.8, 4) is 0 Å². The van der Waals surface area contributed by atoms with Gasteiger partial charge in [-0.25, -0.2) is 0 Å². The highest BCUT2D eigenvalue weighted by Crippen LogP contribution is 2.49. The van der Waals surface area contributed by atoms with E-state index in [1.54, 1.807) is 0 Å². The van der Waals surface area contributed by atoms with Crippen molar-refractivity contribution in [1.29, 1.82) is 0 Å². The average Bonchev–Trinajstić information content (AvgIpc) is 3.30. The van der Waals surface area contributed by atoms with Gasteiger partial charge in [-0.2, -0.15) is 0 Å². The van der Waals surface area contributed by atoms with Crippen LogP contribution in [-0.4, -0.2) is 31.8 Å². The summed E-state index contributed by atoms with van der Waals surface area (Å²) in [6.45, 7) is 4.12. The van der Waals surface area contributed by atoms with Gasteiger partial charge in [-0.05, 0) is 63.0 Å². The van der Waals surface area contributed by atoms with Gasteiger partial charge in [-0.3, -0.25) is 9.20 Å². The second-order valence-corrected chi connectivity index (χ2v) is 8.62. The predicted molar refractivity (Wildman–Crippen MR) is 94.8 cm³/mol. The van der Waals surface area contributed by atoms with Crippen LogP contribution in [0.3, 0.4) is 0 Å². The number of thioether (sulfide) groups is 1. The Morgan fingerprint density at radius 2 is 2.17 bits per heavy atom. The molecule has 2 bridgehead atoms. The van der Waals surface area contributed by atoms with Crippen LogP contribution in [0.4, 0.5) is 0 Å². The molecule has 0 spiro atoms. The lowest BCUT2D eigenvalue weighted by Crippen LogP contribution is -2.43. The van der Waals surface area contributed by atoms with Crippen molar-refractivity contribution < 1.29 is 4.79 Å². The SMILES string of the molecule is C[C@H](Sc1nnc2ccccn12)C(=O)N[C@H](C)[C@@H]1C[C@H]2CC[C@H]1C2. The number of pyridine rings is 1. The summed E-state index contributed by atoms with van der Waals surface area (Å²) in [4.78, 5) is 12.6. The van der Waals surface area contributed by atoms with Gasteiger partial charge in [0.2, 0.25) is 5.91 Å². The van der Waals surface area contributed by atoms with Crippen molar-refractivity contribution in [3.63, 3.8) is 0 Å². The summed E-state index contributed by atoms with van der Waals surface area (Å²) >= 11 is 1.46. The molecule has 2 aliphatic carbocycles. The van der Waals surface area contributed by atoms with E-state index in [9.17, 15) is 4.79 Å². The molecule has 128 valence electrons. The highest BCUT2D eigenvalue weighted by molar-refractivity contribution is 8.00. The largest absolute Gasteiger partial charge is 0.352 e. The highest BCUT2D eigenvalue weighted by Gasteiger charge is 2.42. The lowest BCUT2D eigenvalue weighted by molar-refractivity contribution is -0.121. The van der Waals surface area contributed by atoms with Crippen LogP contribution in [0.15, 0.2) is 29.6 Å². The van der Waals surface area contributed by atoms with Gasteiger partial charge in [-0.15, -0.1) is 10.2 Å². The minimum Gasteiger partial charge on any atom is -0.352 e. The Morgan fingerprint density at radius 1 is 1.29 bits per heavy atom. The third-order valence-electron chi connectivity index (χ3n) is 5.74. The molecule has 2 heterocycles. The second-order valence-electron chi connectivity index (χ2n) is 7.31. The third kappa shape index (κ3) is 2.92. The van der Waals surface area contributed by atoms with Crippen LogP contribution in [0.2, 0.25) is 0 Å². The van der Waals surface area contributed by atoms with Gasteiger partial charge in [0.25, 0.3) is 0 Å². The first-order chi connectivity index (χ1) is 11.6. The van der Waals surface area contributed by atoms with E-state index in [1.807, 2.05) is 35.7 Å². The molecule has 1 amide bonds. The number of carbonyl (C=O) groups excluding carboxylic acids is 1. The fraction of sp³-hybridized carbons (Fsp3) is 0.611. The van der Waals surface area contributed by atoms with Crippen LogP contribution in [0, 0.1) is 17.8 Å². The summed E-state index contributed by atoms with van der Waals surface area (Å²) in [5.41, 5.74) is 0.808. The zero-order valence-electron chi connectivity index (χ0n) is 14.2. The van der Waals surface area contributed by atoms with E-state index < -0.39 is 0 Å². The lowest BCUT2D eigenvalue weighted by atomic mass is 9.84. The molecule has 0 unspecified atom stereocenters. The fourth-order valence-electron chi connectivity index (χ4n) is 4.47. The van der Waals surface area contributed by atoms with Crippen molar-refractivity contribution in [2.45, 2.75) is 56.0 Å². The smallest absolute Gasteiger partial charge is 0.233 e. The van der Waals surface area contributed by atoms with Crippen LogP contribution in [0.25, 0.3) is 5.65 Å². The minimum atomic E-state index is -0.182. The summed E-state index contributed by atoms with van der Waals surface area (Å²) in [6.07, 6.45) is 7.35. The van der Waals surface area contributed by atoms with Crippen molar-refractivity contribution >= 4 is 23.3 Å². The zero-order chi connectivity index (χ0) is 16.7. The number of nitrogens with one attached hydrogen (secondary N) is 1. The predicted octanol–water partition coefficient (Wildman–Crippen LogP) is 3.15. The Hall–Kier alpha value is -1.56. The van der Waals surface area contributed by atoms with E-state index in [-0.39, 0.29) is 17.2 Å². The van der Waals surface area contributed by atoms with Crippen molar-refractivity contribution in [2.75, 3.05) is 0 Å². The van der Waals surface area contributed by atoms with E-state index in [2.05, 4.69) is 22.4 Å². The Bertz CT molecular complexity index is 745.